The van der Waals surface area contributed by atoms with E-state index in [1.54, 1.807) is 30.0 Å². The Balaban J connectivity index is 1.86. The molecule has 0 radical (unpaired) electrons. The van der Waals surface area contributed by atoms with Crippen molar-refractivity contribution < 1.29 is 9.90 Å². The van der Waals surface area contributed by atoms with Gasteiger partial charge in [0.2, 0.25) is 5.91 Å². The second-order valence-electron chi connectivity index (χ2n) is 7.09. The normalized spacial score (nSPS) is 11.3. The van der Waals surface area contributed by atoms with Crippen LogP contribution in [0.1, 0.15) is 18.2 Å². The van der Waals surface area contributed by atoms with Crippen LogP contribution < -0.4 is 5.73 Å². The third-order valence-electron chi connectivity index (χ3n) is 4.93. The lowest BCUT2D eigenvalue weighted by atomic mass is 10.00. The number of pyridine rings is 1. The van der Waals surface area contributed by atoms with Gasteiger partial charge in [0.05, 0.1) is 5.52 Å². The van der Waals surface area contributed by atoms with Crippen molar-refractivity contribution in [2.45, 2.75) is 23.1 Å². The van der Waals surface area contributed by atoms with Gasteiger partial charge >= 0.3 is 0 Å². The highest BCUT2D eigenvalue weighted by atomic mass is 32.2. The monoisotopic (exact) mass is 426 g/mol. The van der Waals surface area contributed by atoms with Crippen molar-refractivity contribution in [1.82, 2.24) is 4.98 Å². The van der Waals surface area contributed by atoms with Crippen molar-refractivity contribution in [3.8, 4) is 16.9 Å². The van der Waals surface area contributed by atoms with Gasteiger partial charge in [-0.2, -0.15) is 0 Å². The summed E-state index contributed by atoms with van der Waals surface area (Å²) in [7, 11) is 0. The molecule has 154 valence electrons. The number of primary amides is 1. The molecule has 1 aromatic heterocycles. The first-order chi connectivity index (χ1) is 15.0. The maximum atomic E-state index is 11.0. The summed E-state index contributed by atoms with van der Waals surface area (Å²) in [5, 5.41) is 11.0. The van der Waals surface area contributed by atoms with Gasteiger partial charge in [0.25, 0.3) is 0 Å². The Morgan fingerprint density at radius 1 is 1.06 bits per heavy atom. The van der Waals surface area contributed by atoms with E-state index in [4.69, 9.17) is 10.7 Å². The van der Waals surface area contributed by atoms with Crippen molar-refractivity contribution in [3.05, 3.63) is 90.1 Å². The van der Waals surface area contributed by atoms with E-state index in [0.29, 0.717) is 0 Å². The smallest absolute Gasteiger partial charge is 0.241 e. The van der Waals surface area contributed by atoms with Crippen molar-refractivity contribution in [2.24, 2.45) is 5.73 Å². The molecule has 0 bridgehead atoms. The summed E-state index contributed by atoms with van der Waals surface area (Å²) >= 11 is 1.67. The van der Waals surface area contributed by atoms with E-state index in [9.17, 15) is 9.90 Å². The summed E-state index contributed by atoms with van der Waals surface area (Å²) in [5.41, 5.74) is 10.1. The van der Waals surface area contributed by atoms with Crippen LogP contribution in [0.3, 0.4) is 0 Å². The number of carbonyl (C=O) groups excluding carboxylic acids is 1. The Morgan fingerprint density at radius 2 is 1.81 bits per heavy atom. The van der Waals surface area contributed by atoms with Gasteiger partial charge in [0.15, 0.2) is 0 Å². The van der Waals surface area contributed by atoms with Crippen LogP contribution in [0.25, 0.3) is 28.1 Å². The molecule has 31 heavy (non-hydrogen) atoms. The molecule has 0 atom stereocenters. The van der Waals surface area contributed by atoms with Crippen molar-refractivity contribution in [3.63, 3.8) is 0 Å². The molecule has 3 aromatic carbocycles. The van der Waals surface area contributed by atoms with Crippen molar-refractivity contribution >= 4 is 34.6 Å². The van der Waals surface area contributed by atoms with Crippen LogP contribution in [-0.2, 0) is 11.2 Å². The number of carbonyl (C=O) groups is 1. The van der Waals surface area contributed by atoms with Crippen LogP contribution in [0.4, 0.5) is 0 Å². The van der Waals surface area contributed by atoms with Crippen LogP contribution in [0, 0.1) is 0 Å². The topological polar surface area (TPSA) is 76.2 Å². The molecule has 4 nitrogen and oxygen atoms in total. The fraction of sp³-hybridized carbons (Fsp3) is 0.0769. The number of phenolic OH excluding ortho intramolecular Hbond substituents is 1. The van der Waals surface area contributed by atoms with E-state index in [-0.39, 0.29) is 5.75 Å². The molecule has 0 aliphatic heterocycles. The summed E-state index contributed by atoms with van der Waals surface area (Å²) in [6, 6.07) is 23.6. The van der Waals surface area contributed by atoms with Crippen LogP contribution in [0.15, 0.2) is 88.7 Å². The zero-order valence-corrected chi connectivity index (χ0v) is 17.9. The predicted molar refractivity (Wildman–Crippen MR) is 127 cm³/mol. The summed E-state index contributed by atoms with van der Waals surface area (Å²) in [5.74, 6) is -0.263. The molecule has 0 saturated carbocycles. The molecule has 0 spiro atoms. The number of aromatic hydroxyl groups is 1. The van der Waals surface area contributed by atoms with Crippen LogP contribution in [0.5, 0.6) is 5.75 Å². The standard InChI is InChI=1S/C26H22N2O2S/c1-2-22-25(18-6-4-3-5-7-18)26(21-14-11-19(29)16-23(21)28-22)31-20-12-8-17(9-13-20)10-15-24(27)30/h3-16,29H,2H2,1H3,(H2,27,30). The largest absolute Gasteiger partial charge is 0.508 e. The van der Waals surface area contributed by atoms with Gasteiger partial charge < -0.3 is 10.8 Å². The van der Waals surface area contributed by atoms with Crippen molar-refractivity contribution in [2.75, 3.05) is 0 Å². The SMILES string of the molecule is CCc1nc2cc(O)ccc2c(Sc2ccc(C=CC(N)=O)cc2)c1-c1ccccc1. The van der Waals surface area contributed by atoms with Gasteiger partial charge in [0, 0.05) is 38.6 Å². The van der Waals surface area contributed by atoms with E-state index in [2.05, 4.69) is 19.1 Å². The van der Waals surface area contributed by atoms with E-state index in [1.807, 2.05) is 48.5 Å². The van der Waals surface area contributed by atoms with E-state index in [1.165, 1.54) is 6.08 Å². The van der Waals surface area contributed by atoms with Gasteiger partial charge in [-0.15, -0.1) is 0 Å². The van der Waals surface area contributed by atoms with Gasteiger partial charge in [0.1, 0.15) is 5.75 Å². The zero-order chi connectivity index (χ0) is 21.8. The van der Waals surface area contributed by atoms with E-state index in [0.717, 1.165) is 49.5 Å². The molecule has 4 aromatic rings. The van der Waals surface area contributed by atoms with Gasteiger partial charge in [-0.25, -0.2) is 0 Å². The Labute approximate surface area is 185 Å². The Kier molecular flexibility index (Phi) is 6.05. The number of benzene rings is 3. The Bertz CT molecular complexity index is 1270. The van der Waals surface area contributed by atoms with E-state index < -0.39 is 5.91 Å². The molecule has 5 heteroatoms. The molecule has 4 rings (SSSR count). The molecule has 0 aliphatic rings. The maximum absolute atomic E-state index is 11.0. The van der Waals surface area contributed by atoms with Gasteiger partial charge in [-0.3, -0.25) is 9.78 Å². The lowest BCUT2D eigenvalue weighted by molar-refractivity contribution is -0.113. The highest BCUT2D eigenvalue weighted by Crippen LogP contribution is 2.43. The lowest BCUT2D eigenvalue weighted by Gasteiger charge is -2.17. The number of aromatic nitrogens is 1. The molecule has 1 amide bonds. The minimum atomic E-state index is -0.468. The van der Waals surface area contributed by atoms with Crippen LogP contribution in [0.2, 0.25) is 0 Å². The Morgan fingerprint density at radius 3 is 2.48 bits per heavy atom. The molecule has 1 heterocycles. The van der Waals surface area contributed by atoms with Crippen LogP contribution in [-0.4, -0.2) is 16.0 Å². The fourth-order valence-electron chi connectivity index (χ4n) is 3.48. The molecular formula is C26H22N2O2S. The number of hydrogen-bond acceptors (Lipinski definition) is 4. The summed E-state index contributed by atoms with van der Waals surface area (Å²) in [6.07, 6.45) is 3.83. The van der Waals surface area contributed by atoms with E-state index >= 15 is 0 Å². The molecule has 0 unspecified atom stereocenters. The summed E-state index contributed by atoms with van der Waals surface area (Å²) in [4.78, 5) is 18.0. The Hall–Kier alpha value is -3.57. The highest BCUT2D eigenvalue weighted by molar-refractivity contribution is 7.99. The second-order valence-corrected chi connectivity index (χ2v) is 8.17. The number of hydrogen-bond donors (Lipinski definition) is 2. The average Bonchev–Trinajstić information content (AvgIpc) is 2.78. The number of nitrogens with two attached hydrogens (primary N) is 1. The molecular weight excluding hydrogens is 404 g/mol. The predicted octanol–water partition coefficient (Wildman–Crippen LogP) is 5.82. The minimum absolute atomic E-state index is 0.205. The third kappa shape index (κ3) is 4.62. The number of amides is 1. The number of aryl methyl sites for hydroxylation is 1. The second kappa shape index (κ2) is 9.06. The molecule has 0 fully saturated rings. The van der Waals surface area contributed by atoms with Gasteiger partial charge in [-0.1, -0.05) is 61.2 Å². The molecule has 0 aliphatic carbocycles. The zero-order valence-electron chi connectivity index (χ0n) is 17.1. The summed E-state index contributed by atoms with van der Waals surface area (Å²) in [6.45, 7) is 2.09. The fourth-order valence-corrected chi connectivity index (χ4v) is 4.61. The van der Waals surface area contributed by atoms with Crippen LogP contribution >= 0.6 is 11.8 Å². The number of nitrogens with zero attached hydrogens (tertiary/aromatic N) is 1. The number of fused-ring (bicyclic) bond motifs is 1. The average molecular weight is 427 g/mol. The first-order valence-electron chi connectivity index (χ1n) is 10.0. The first kappa shape index (κ1) is 20.7. The molecule has 3 N–H and O–H groups in total. The first-order valence-corrected chi connectivity index (χ1v) is 10.8. The third-order valence-corrected chi connectivity index (χ3v) is 6.07. The summed E-state index contributed by atoms with van der Waals surface area (Å²) < 4.78 is 0. The highest BCUT2D eigenvalue weighted by Gasteiger charge is 2.17. The number of rotatable bonds is 6. The lowest BCUT2D eigenvalue weighted by Crippen LogP contribution is -2.04. The molecule has 0 saturated heterocycles. The quantitative estimate of drug-likeness (QED) is 0.381. The van der Waals surface area contributed by atoms with Crippen molar-refractivity contribution in [1.29, 1.82) is 0 Å². The minimum Gasteiger partial charge on any atom is -0.508 e. The van der Waals surface area contributed by atoms with Gasteiger partial charge in [-0.05, 0) is 47.9 Å². The maximum Gasteiger partial charge on any atom is 0.241 e. The number of phenols is 1.